The maximum atomic E-state index is 14.2. The molecule has 8 heteroatoms. The lowest BCUT2D eigenvalue weighted by Crippen LogP contribution is -2.38. The highest BCUT2D eigenvalue weighted by Crippen LogP contribution is 2.36. The molecule has 4 nitrogen and oxygen atoms in total. The second-order valence-electron chi connectivity index (χ2n) is 5.21. The molecule has 1 fully saturated rings. The summed E-state index contributed by atoms with van der Waals surface area (Å²) in [5.74, 6) is -0.964. The van der Waals surface area contributed by atoms with Crippen LogP contribution in [0.3, 0.4) is 0 Å². The van der Waals surface area contributed by atoms with Crippen LogP contribution in [-0.4, -0.2) is 25.8 Å². The van der Waals surface area contributed by atoms with Crippen LogP contribution in [0.25, 0.3) is 0 Å². The summed E-state index contributed by atoms with van der Waals surface area (Å²) in [7, 11) is -2.47. The van der Waals surface area contributed by atoms with Crippen molar-refractivity contribution in [3.8, 4) is 0 Å². The van der Waals surface area contributed by atoms with Gasteiger partial charge in [-0.3, -0.25) is 0 Å². The Morgan fingerprint density at radius 1 is 1.38 bits per heavy atom. The van der Waals surface area contributed by atoms with Crippen LogP contribution in [0.15, 0.2) is 15.4 Å². The number of hydrogen-bond donors (Lipinski definition) is 1. The van der Waals surface area contributed by atoms with E-state index in [9.17, 15) is 12.8 Å². The van der Waals surface area contributed by atoms with E-state index in [0.29, 0.717) is 0 Å². The van der Waals surface area contributed by atoms with Crippen LogP contribution in [0.5, 0.6) is 0 Å². The number of sulfonamides is 1. The van der Waals surface area contributed by atoms with Gasteiger partial charge in [0.15, 0.2) is 5.82 Å². The molecule has 0 unspecified atom stereocenters. The fourth-order valence-corrected chi connectivity index (χ4v) is 4.66. The summed E-state index contributed by atoms with van der Waals surface area (Å²) in [6.45, 7) is 0. The van der Waals surface area contributed by atoms with Gasteiger partial charge in [-0.15, -0.1) is 0 Å². The quantitative estimate of drug-likeness (QED) is 0.621. The van der Waals surface area contributed by atoms with Crippen molar-refractivity contribution in [3.05, 3.63) is 21.4 Å². The first-order valence-electron chi connectivity index (χ1n) is 6.67. The van der Waals surface area contributed by atoms with E-state index in [4.69, 9.17) is 17.3 Å². The number of benzene rings is 1. The molecule has 1 saturated carbocycles. The molecule has 21 heavy (non-hydrogen) atoms. The molecule has 0 saturated heterocycles. The molecule has 1 aromatic rings. The maximum Gasteiger partial charge on any atom is 0.246 e. The largest absolute Gasteiger partial charge is 0.395 e. The van der Waals surface area contributed by atoms with E-state index in [1.165, 1.54) is 11.4 Å². The topological polar surface area (TPSA) is 63.4 Å². The molecule has 1 aromatic carbocycles. The Bertz CT molecular complexity index is 648. The predicted octanol–water partition coefficient (Wildman–Crippen LogP) is 3.78. The third kappa shape index (κ3) is 3.21. The van der Waals surface area contributed by atoms with Gasteiger partial charge < -0.3 is 5.73 Å². The van der Waals surface area contributed by atoms with E-state index < -0.39 is 20.7 Å². The normalized spacial score (nSPS) is 17.4. The fraction of sp³-hybridized carbons (Fsp3) is 0.538. The first-order chi connectivity index (χ1) is 9.76. The van der Waals surface area contributed by atoms with Gasteiger partial charge in [-0.05, 0) is 34.8 Å². The fourth-order valence-electron chi connectivity index (χ4n) is 2.58. The van der Waals surface area contributed by atoms with Crippen molar-refractivity contribution >= 4 is 43.2 Å². The zero-order valence-electron chi connectivity index (χ0n) is 11.6. The Hall–Kier alpha value is -0.370. The lowest BCUT2D eigenvalue weighted by atomic mass is 9.96. The van der Waals surface area contributed by atoms with Gasteiger partial charge in [0, 0.05) is 13.1 Å². The Balaban J connectivity index is 2.44. The van der Waals surface area contributed by atoms with Crippen molar-refractivity contribution in [2.75, 3.05) is 12.8 Å². The molecule has 0 aromatic heterocycles. The highest BCUT2D eigenvalue weighted by molar-refractivity contribution is 9.10. The van der Waals surface area contributed by atoms with Crippen molar-refractivity contribution in [1.82, 2.24) is 4.31 Å². The molecular weight excluding hydrogens is 383 g/mol. The summed E-state index contributed by atoms with van der Waals surface area (Å²) in [5.41, 5.74) is 5.28. The molecule has 0 radical (unpaired) electrons. The lowest BCUT2D eigenvalue weighted by Gasteiger charge is -2.30. The number of nitrogens with two attached hydrogens (primary N) is 1. The minimum Gasteiger partial charge on any atom is -0.395 e. The smallest absolute Gasteiger partial charge is 0.246 e. The molecule has 0 bridgehead atoms. The third-order valence-corrected chi connectivity index (χ3v) is 7.19. The number of anilines is 1. The average molecular weight is 400 g/mol. The Labute approximate surface area is 137 Å². The molecule has 118 valence electrons. The number of nitrogen functional groups attached to an aromatic ring is 1. The van der Waals surface area contributed by atoms with Crippen molar-refractivity contribution in [2.24, 2.45) is 0 Å². The second kappa shape index (κ2) is 6.40. The standard InChI is InChI=1S/C13H17BrClFN2O2S/c1-18(8-5-3-2-4-6-8)21(19,20)10-7-9(15)11(14)13(17)12(10)16/h7-8H,2-6,17H2,1H3. The van der Waals surface area contributed by atoms with Gasteiger partial charge >= 0.3 is 0 Å². The Morgan fingerprint density at radius 2 is 1.95 bits per heavy atom. The van der Waals surface area contributed by atoms with Crippen LogP contribution in [-0.2, 0) is 10.0 Å². The van der Waals surface area contributed by atoms with Crippen LogP contribution in [0.4, 0.5) is 10.1 Å². The zero-order valence-corrected chi connectivity index (χ0v) is 14.7. The lowest BCUT2D eigenvalue weighted by molar-refractivity contribution is 0.285. The van der Waals surface area contributed by atoms with Gasteiger partial charge in [0.05, 0.1) is 15.2 Å². The SMILES string of the molecule is CN(C1CCCCC1)S(=O)(=O)c1cc(Cl)c(Br)c(N)c1F. The Morgan fingerprint density at radius 3 is 2.52 bits per heavy atom. The summed E-state index contributed by atoms with van der Waals surface area (Å²) in [4.78, 5) is -0.471. The molecule has 0 spiro atoms. The molecule has 1 aliphatic carbocycles. The van der Waals surface area contributed by atoms with Gasteiger partial charge in [-0.1, -0.05) is 30.9 Å². The van der Waals surface area contributed by atoms with Crippen LogP contribution >= 0.6 is 27.5 Å². The van der Waals surface area contributed by atoms with Crippen molar-refractivity contribution < 1.29 is 12.8 Å². The van der Waals surface area contributed by atoms with Crippen LogP contribution in [0.2, 0.25) is 5.02 Å². The number of hydrogen-bond acceptors (Lipinski definition) is 3. The molecule has 1 aliphatic rings. The molecule has 2 rings (SSSR count). The average Bonchev–Trinajstić information content (AvgIpc) is 2.48. The maximum absolute atomic E-state index is 14.2. The van der Waals surface area contributed by atoms with E-state index in [1.54, 1.807) is 0 Å². The molecule has 0 amide bonds. The van der Waals surface area contributed by atoms with Crippen molar-refractivity contribution in [2.45, 2.75) is 43.0 Å². The van der Waals surface area contributed by atoms with Crippen LogP contribution < -0.4 is 5.73 Å². The highest BCUT2D eigenvalue weighted by Gasteiger charge is 2.32. The molecule has 0 heterocycles. The summed E-state index contributed by atoms with van der Waals surface area (Å²) >= 11 is 8.95. The minimum absolute atomic E-state index is 0.0736. The van der Waals surface area contributed by atoms with E-state index >= 15 is 0 Å². The summed E-state index contributed by atoms with van der Waals surface area (Å²) in [6, 6.07) is 0.998. The van der Waals surface area contributed by atoms with Crippen molar-refractivity contribution in [3.63, 3.8) is 0 Å². The van der Waals surface area contributed by atoms with E-state index in [2.05, 4.69) is 15.9 Å². The van der Waals surface area contributed by atoms with E-state index in [0.717, 1.165) is 38.2 Å². The van der Waals surface area contributed by atoms with E-state index in [-0.39, 0.29) is 21.2 Å². The number of halogens is 3. The zero-order chi connectivity index (χ0) is 15.8. The molecule has 2 N–H and O–H groups in total. The van der Waals surface area contributed by atoms with Gasteiger partial charge in [0.25, 0.3) is 0 Å². The monoisotopic (exact) mass is 398 g/mol. The van der Waals surface area contributed by atoms with Gasteiger partial charge in [-0.2, -0.15) is 4.31 Å². The van der Waals surface area contributed by atoms with Gasteiger partial charge in [0.2, 0.25) is 10.0 Å². The Kier molecular flexibility index (Phi) is 5.18. The number of nitrogens with zero attached hydrogens (tertiary/aromatic N) is 1. The van der Waals surface area contributed by atoms with E-state index in [1.807, 2.05) is 0 Å². The van der Waals surface area contributed by atoms with Crippen LogP contribution in [0.1, 0.15) is 32.1 Å². The van der Waals surface area contributed by atoms with Gasteiger partial charge in [-0.25, -0.2) is 12.8 Å². The van der Waals surface area contributed by atoms with Crippen molar-refractivity contribution in [1.29, 1.82) is 0 Å². The molecule has 0 aliphatic heterocycles. The summed E-state index contributed by atoms with van der Waals surface area (Å²) in [5, 5.41) is 0.0736. The molecule has 0 atom stereocenters. The minimum atomic E-state index is -3.96. The third-order valence-electron chi connectivity index (χ3n) is 3.90. The van der Waals surface area contributed by atoms with Crippen LogP contribution in [0, 0.1) is 5.82 Å². The summed E-state index contributed by atoms with van der Waals surface area (Å²) in [6.07, 6.45) is 4.65. The number of rotatable bonds is 3. The first kappa shape index (κ1) is 17.0. The predicted molar refractivity (Wildman–Crippen MR) is 85.3 cm³/mol. The molecular formula is C13H17BrClFN2O2S. The van der Waals surface area contributed by atoms with Gasteiger partial charge in [0.1, 0.15) is 4.90 Å². The second-order valence-corrected chi connectivity index (χ2v) is 8.38. The highest BCUT2D eigenvalue weighted by atomic mass is 79.9. The first-order valence-corrected chi connectivity index (χ1v) is 9.29. The summed E-state index contributed by atoms with van der Waals surface area (Å²) < 4.78 is 40.9.